The van der Waals surface area contributed by atoms with Crippen molar-refractivity contribution in [3.05, 3.63) is 80.6 Å². The zero-order valence-electron chi connectivity index (χ0n) is 17.5. The fraction of sp³-hybridized carbons (Fsp3) is 0.190. The number of amides is 1. The lowest BCUT2D eigenvalue weighted by Crippen LogP contribution is -2.15. The molecule has 0 radical (unpaired) electrons. The number of rotatable bonds is 10. The van der Waals surface area contributed by atoms with Crippen LogP contribution in [0.15, 0.2) is 54.2 Å². The third kappa shape index (κ3) is 6.47. The number of carbonyl (C=O) groups excluding carboxylic acids is 1. The molecule has 0 aliphatic heterocycles. The summed E-state index contributed by atoms with van der Waals surface area (Å²) in [4.78, 5) is 22.8. The van der Waals surface area contributed by atoms with Crippen LogP contribution in [0, 0.1) is 17.0 Å². The molecule has 0 bridgehead atoms. The first-order valence-electron chi connectivity index (χ1n) is 9.57. The molecule has 0 aliphatic rings. The summed E-state index contributed by atoms with van der Waals surface area (Å²) in [5, 5.41) is 23.2. The Labute approximate surface area is 203 Å². The molecule has 0 spiro atoms. The average molecular weight is 508 g/mol. The number of carbonyl (C=O) groups is 1. The van der Waals surface area contributed by atoms with Crippen molar-refractivity contribution in [2.75, 3.05) is 11.1 Å². The zero-order chi connectivity index (χ0) is 24.0. The first kappa shape index (κ1) is 24.6. The second-order valence-corrected chi connectivity index (χ2v) is 8.54. The fourth-order valence-electron chi connectivity index (χ4n) is 2.80. The summed E-state index contributed by atoms with van der Waals surface area (Å²) >= 11 is 13.2. The number of thioether (sulfide) groups is 1. The van der Waals surface area contributed by atoms with E-state index in [9.17, 15) is 14.9 Å². The molecule has 0 unspecified atom stereocenters. The highest BCUT2D eigenvalue weighted by Gasteiger charge is 2.16. The molecular formula is C21H19Cl2N5O4S. The maximum atomic E-state index is 12.4. The Kier molecular flexibility index (Phi) is 8.32. The monoisotopic (exact) mass is 507 g/mol. The molecule has 172 valence electrons. The fourth-order valence-corrected chi connectivity index (χ4v) is 3.96. The van der Waals surface area contributed by atoms with E-state index >= 15 is 0 Å². The predicted molar refractivity (Wildman–Crippen MR) is 128 cm³/mol. The van der Waals surface area contributed by atoms with Crippen LogP contribution in [0.4, 0.5) is 11.4 Å². The minimum Gasteiger partial charge on any atom is -0.485 e. The first-order chi connectivity index (χ1) is 15.8. The molecule has 0 saturated heterocycles. The average Bonchev–Trinajstić information content (AvgIpc) is 3.15. The molecule has 1 amide bonds. The number of nitro benzene ring substituents is 1. The number of halogens is 2. The lowest BCUT2D eigenvalue weighted by atomic mass is 10.2. The third-order valence-corrected chi connectivity index (χ3v) is 5.90. The van der Waals surface area contributed by atoms with Gasteiger partial charge in [0.1, 0.15) is 12.4 Å². The molecular weight excluding hydrogens is 489 g/mol. The Bertz CT molecular complexity index is 1200. The molecule has 9 nitrogen and oxygen atoms in total. The number of ether oxygens (including phenoxy) is 1. The number of nitrogens with one attached hydrogen (secondary N) is 1. The van der Waals surface area contributed by atoms with Crippen molar-refractivity contribution < 1.29 is 14.5 Å². The number of non-ortho nitro benzene ring substituents is 1. The van der Waals surface area contributed by atoms with E-state index in [-0.39, 0.29) is 28.8 Å². The second-order valence-electron chi connectivity index (χ2n) is 6.75. The minimum absolute atomic E-state index is 0.00849. The van der Waals surface area contributed by atoms with E-state index in [1.807, 2.05) is 6.92 Å². The van der Waals surface area contributed by atoms with Crippen LogP contribution in [-0.2, 0) is 17.9 Å². The molecule has 1 N–H and O–H groups in total. The Balaban J connectivity index is 1.65. The third-order valence-electron chi connectivity index (χ3n) is 4.37. The largest absolute Gasteiger partial charge is 0.485 e. The molecule has 2 aromatic carbocycles. The first-order valence-corrected chi connectivity index (χ1v) is 11.3. The van der Waals surface area contributed by atoms with Crippen LogP contribution in [0.2, 0.25) is 10.0 Å². The Hall–Kier alpha value is -3.08. The van der Waals surface area contributed by atoms with Gasteiger partial charge in [-0.25, -0.2) is 0 Å². The van der Waals surface area contributed by atoms with Crippen LogP contribution in [-0.4, -0.2) is 31.3 Å². The van der Waals surface area contributed by atoms with Crippen LogP contribution in [0.3, 0.4) is 0 Å². The summed E-state index contributed by atoms with van der Waals surface area (Å²) in [5.41, 5.74) is 0.883. The van der Waals surface area contributed by atoms with Crippen LogP contribution < -0.4 is 10.1 Å². The summed E-state index contributed by atoms with van der Waals surface area (Å²) in [6, 6.07) is 9.16. The maximum absolute atomic E-state index is 12.4. The summed E-state index contributed by atoms with van der Waals surface area (Å²) in [7, 11) is 0. The van der Waals surface area contributed by atoms with Gasteiger partial charge in [-0.15, -0.1) is 16.8 Å². The molecule has 3 rings (SSSR count). The predicted octanol–water partition coefficient (Wildman–Crippen LogP) is 5.30. The summed E-state index contributed by atoms with van der Waals surface area (Å²) in [6.07, 6.45) is 1.69. The number of allylic oxidation sites excluding steroid dienone is 1. The van der Waals surface area contributed by atoms with Crippen LogP contribution in [0.5, 0.6) is 5.75 Å². The normalized spacial score (nSPS) is 10.6. The van der Waals surface area contributed by atoms with Gasteiger partial charge in [-0.2, -0.15) is 0 Å². The van der Waals surface area contributed by atoms with E-state index in [0.29, 0.717) is 28.3 Å². The van der Waals surface area contributed by atoms with E-state index in [4.69, 9.17) is 27.9 Å². The van der Waals surface area contributed by atoms with E-state index in [2.05, 4.69) is 22.1 Å². The van der Waals surface area contributed by atoms with Gasteiger partial charge in [0.15, 0.2) is 11.0 Å². The van der Waals surface area contributed by atoms with Gasteiger partial charge in [0.25, 0.3) is 5.69 Å². The van der Waals surface area contributed by atoms with E-state index in [1.54, 1.807) is 28.8 Å². The number of aromatic nitrogens is 3. The second kappa shape index (κ2) is 11.2. The Morgan fingerprint density at radius 2 is 2.09 bits per heavy atom. The smallest absolute Gasteiger partial charge is 0.271 e. The number of hydrogen-bond acceptors (Lipinski definition) is 7. The van der Waals surface area contributed by atoms with E-state index < -0.39 is 10.8 Å². The summed E-state index contributed by atoms with van der Waals surface area (Å²) < 4.78 is 7.64. The highest BCUT2D eigenvalue weighted by atomic mass is 35.5. The Morgan fingerprint density at radius 3 is 2.79 bits per heavy atom. The van der Waals surface area contributed by atoms with Crippen molar-refractivity contribution in [3.8, 4) is 5.75 Å². The van der Waals surface area contributed by atoms with Gasteiger partial charge in [0, 0.05) is 23.7 Å². The van der Waals surface area contributed by atoms with Gasteiger partial charge < -0.3 is 10.1 Å². The number of nitro groups is 1. The van der Waals surface area contributed by atoms with Gasteiger partial charge in [-0.1, -0.05) is 41.0 Å². The minimum atomic E-state index is -0.562. The SMILES string of the molecule is C=CCn1c(COc2ccc(Cl)cc2C)nnc1SCC(=O)Nc1cc([N+](=O)[O-])ccc1Cl. The quantitative estimate of drug-likeness (QED) is 0.171. The van der Waals surface area contributed by atoms with Crippen LogP contribution >= 0.6 is 35.0 Å². The van der Waals surface area contributed by atoms with Crippen molar-refractivity contribution >= 4 is 52.2 Å². The van der Waals surface area contributed by atoms with Gasteiger partial charge in [-0.05, 0) is 36.8 Å². The van der Waals surface area contributed by atoms with Gasteiger partial charge in [-0.3, -0.25) is 19.5 Å². The number of benzene rings is 2. The molecule has 33 heavy (non-hydrogen) atoms. The van der Waals surface area contributed by atoms with Crippen molar-refractivity contribution in [2.45, 2.75) is 25.2 Å². The van der Waals surface area contributed by atoms with Crippen LogP contribution in [0.1, 0.15) is 11.4 Å². The molecule has 0 fully saturated rings. The van der Waals surface area contributed by atoms with Crippen molar-refractivity contribution in [2.24, 2.45) is 0 Å². The lowest BCUT2D eigenvalue weighted by Gasteiger charge is -2.11. The standard InChI is InChI=1S/C21H19Cl2N5O4S/c1-3-8-27-19(11-32-18-7-4-14(22)9-13(18)2)25-26-21(27)33-12-20(29)24-17-10-15(28(30)31)5-6-16(17)23/h3-7,9-10H,1,8,11-12H2,2H3,(H,24,29). The highest BCUT2D eigenvalue weighted by molar-refractivity contribution is 7.99. The number of anilines is 1. The zero-order valence-corrected chi connectivity index (χ0v) is 19.8. The van der Waals surface area contributed by atoms with Gasteiger partial charge >= 0.3 is 0 Å². The van der Waals surface area contributed by atoms with Gasteiger partial charge in [0.2, 0.25) is 5.91 Å². The lowest BCUT2D eigenvalue weighted by molar-refractivity contribution is -0.384. The Morgan fingerprint density at radius 1 is 1.30 bits per heavy atom. The molecule has 1 heterocycles. The van der Waals surface area contributed by atoms with Crippen molar-refractivity contribution in [1.29, 1.82) is 0 Å². The molecule has 0 saturated carbocycles. The molecule has 0 atom stereocenters. The van der Waals surface area contributed by atoms with Crippen molar-refractivity contribution in [3.63, 3.8) is 0 Å². The molecule has 0 aliphatic carbocycles. The number of aryl methyl sites for hydroxylation is 1. The highest BCUT2D eigenvalue weighted by Crippen LogP contribution is 2.27. The number of nitrogens with zero attached hydrogens (tertiary/aromatic N) is 4. The summed E-state index contributed by atoms with van der Waals surface area (Å²) in [5.74, 6) is 0.833. The molecule has 1 aromatic heterocycles. The van der Waals surface area contributed by atoms with Crippen LogP contribution in [0.25, 0.3) is 0 Å². The maximum Gasteiger partial charge on any atom is 0.271 e. The molecule has 12 heteroatoms. The van der Waals surface area contributed by atoms with Gasteiger partial charge in [0.05, 0.1) is 21.4 Å². The molecule has 3 aromatic rings. The topological polar surface area (TPSA) is 112 Å². The number of hydrogen-bond donors (Lipinski definition) is 1. The summed E-state index contributed by atoms with van der Waals surface area (Å²) in [6.45, 7) is 6.23. The van der Waals surface area contributed by atoms with Crippen molar-refractivity contribution in [1.82, 2.24) is 14.8 Å². The van der Waals surface area contributed by atoms with E-state index in [0.717, 1.165) is 17.3 Å². The van der Waals surface area contributed by atoms with E-state index in [1.165, 1.54) is 18.2 Å².